The van der Waals surface area contributed by atoms with Crippen LogP contribution in [0.15, 0.2) is 24.3 Å². The van der Waals surface area contributed by atoms with Crippen LogP contribution in [0.1, 0.15) is 65.6 Å². The molecule has 7 heteroatoms. The van der Waals surface area contributed by atoms with Crippen LogP contribution in [0.5, 0.6) is 0 Å². The average molecular weight is 366 g/mol. The highest BCUT2D eigenvalue weighted by Crippen LogP contribution is 2.41. The maximum absolute atomic E-state index is 4.61. The van der Waals surface area contributed by atoms with Crippen LogP contribution >= 0.6 is 11.5 Å². The third kappa shape index (κ3) is 2.75. The van der Waals surface area contributed by atoms with Crippen molar-refractivity contribution >= 4 is 11.5 Å². The van der Waals surface area contributed by atoms with Gasteiger partial charge in [0, 0.05) is 18.4 Å². The Morgan fingerprint density at radius 1 is 1.04 bits per heavy atom. The van der Waals surface area contributed by atoms with E-state index in [0.29, 0.717) is 11.8 Å². The lowest BCUT2D eigenvalue weighted by Crippen LogP contribution is -2.16. The van der Waals surface area contributed by atoms with E-state index in [0.717, 1.165) is 56.2 Å². The van der Waals surface area contributed by atoms with Crippen molar-refractivity contribution in [2.24, 2.45) is 0 Å². The topological polar surface area (TPSA) is 68.5 Å². The van der Waals surface area contributed by atoms with E-state index in [4.69, 9.17) is 0 Å². The molecule has 0 spiro atoms. The summed E-state index contributed by atoms with van der Waals surface area (Å²) in [7, 11) is 0. The summed E-state index contributed by atoms with van der Waals surface area (Å²) in [5.41, 5.74) is 2.54. The summed E-state index contributed by atoms with van der Waals surface area (Å²) in [5.74, 6) is 4.07. The fourth-order valence-corrected chi connectivity index (χ4v) is 5.06. The first-order valence-corrected chi connectivity index (χ1v) is 10.1. The predicted molar refractivity (Wildman–Crippen MR) is 100 cm³/mol. The van der Waals surface area contributed by atoms with E-state index in [1.165, 1.54) is 16.3 Å². The van der Waals surface area contributed by atoms with E-state index >= 15 is 0 Å². The Kier molecular flexibility index (Phi) is 4.05. The number of hydrogen-bond donors (Lipinski definition) is 1. The van der Waals surface area contributed by atoms with E-state index in [-0.39, 0.29) is 0 Å². The zero-order valence-electron chi connectivity index (χ0n) is 14.9. The molecule has 2 aromatic heterocycles. The molecule has 1 N–H and O–H groups in total. The van der Waals surface area contributed by atoms with Crippen LogP contribution in [0.3, 0.4) is 0 Å². The number of fused-ring (bicyclic) bond motifs is 3. The number of aryl methyl sites for hydroxylation is 1. The van der Waals surface area contributed by atoms with Gasteiger partial charge in [0.2, 0.25) is 0 Å². The van der Waals surface area contributed by atoms with Gasteiger partial charge in [-0.05, 0) is 55.8 Å². The van der Waals surface area contributed by atoms with E-state index in [1.54, 1.807) is 11.5 Å². The summed E-state index contributed by atoms with van der Waals surface area (Å²) in [6.45, 7) is 3.62. The van der Waals surface area contributed by atoms with Gasteiger partial charge in [-0.2, -0.15) is 4.37 Å². The van der Waals surface area contributed by atoms with Gasteiger partial charge in [0.25, 0.3) is 0 Å². The van der Waals surface area contributed by atoms with Crippen LogP contribution in [0.4, 0.5) is 0 Å². The Morgan fingerprint density at radius 3 is 2.65 bits per heavy atom. The molecule has 5 rings (SSSR count). The quantitative estimate of drug-likeness (QED) is 0.752. The van der Waals surface area contributed by atoms with Crippen LogP contribution in [-0.4, -0.2) is 24.1 Å². The van der Waals surface area contributed by atoms with Crippen molar-refractivity contribution in [2.45, 2.75) is 57.5 Å². The summed E-state index contributed by atoms with van der Waals surface area (Å²) in [4.78, 5) is 4.60. The Morgan fingerprint density at radius 2 is 1.85 bits per heavy atom. The minimum absolute atomic E-state index is 0.465. The Labute approximate surface area is 156 Å². The summed E-state index contributed by atoms with van der Waals surface area (Å²) in [6.07, 6.45) is 4.58. The molecule has 0 saturated heterocycles. The van der Waals surface area contributed by atoms with Crippen molar-refractivity contribution in [2.75, 3.05) is 0 Å². The highest BCUT2D eigenvalue weighted by atomic mass is 32.1. The van der Waals surface area contributed by atoms with Gasteiger partial charge in [-0.1, -0.05) is 18.2 Å². The van der Waals surface area contributed by atoms with Crippen molar-refractivity contribution in [1.29, 1.82) is 0 Å². The fraction of sp³-hybridized carbons (Fsp3) is 0.474. The number of rotatable bonds is 2. The monoisotopic (exact) mass is 366 g/mol. The SMILES string of the molecule is Cc1nsc(C2CCC(c3nnc4n3-c3ccccc3CNC4)CC2)n1. The first-order valence-electron chi connectivity index (χ1n) is 9.33. The lowest BCUT2D eigenvalue weighted by molar-refractivity contribution is 0.381. The van der Waals surface area contributed by atoms with Crippen LogP contribution in [0.2, 0.25) is 0 Å². The zero-order chi connectivity index (χ0) is 17.5. The molecule has 0 unspecified atom stereocenters. The predicted octanol–water partition coefficient (Wildman–Crippen LogP) is 3.47. The molecule has 1 aromatic carbocycles. The summed E-state index contributed by atoms with van der Waals surface area (Å²) < 4.78 is 6.65. The Bertz CT molecular complexity index is 922. The standard InChI is InChI=1S/C19H22N6S/c1-12-21-19(26-24-12)14-8-6-13(7-9-14)18-23-22-17-11-20-10-15-4-2-3-5-16(15)25(17)18/h2-5,13-14,20H,6-11H2,1H3. The molecule has 2 aliphatic rings. The van der Waals surface area contributed by atoms with E-state index in [2.05, 4.69) is 53.7 Å². The Hall–Kier alpha value is -2.12. The van der Waals surface area contributed by atoms with Crippen LogP contribution in [0.25, 0.3) is 5.69 Å². The fourth-order valence-electron chi connectivity index (χ4n) is 4.24. The van der Waals surface area contributed by atoms with E-state index in [1.807, 2.05) is 6.92 Å². The molecular weight excluding hydrogens is 344 g/mol. The second-order valence-electron chi connectivity index (χ2n) is 7.27. The van der Waals surface area contributed by atoms with E-state index in [9.17, 15) is 0 Å². The molecule has 26 heavy (non-hydrogen) atoms. The number of benzene rings is 1. The average Bonchev–Trinajstić information content (AvgIpc) is 3.24. The molecule has 1 aliphatic carbocycles. The number of aromatic nitrogens is 5. The number of hydrogen-bond acceptors (Lipinski definition) is 6. The molecule has 1 aliphatic heterocycles. The molecule has 1 saturated carbocycles. The normalized spacial score (nSPS) is 22.5. The second-order valence-corrected chi connectivity index (χ2v) is 8.05. The van der Waals surface area contributed by atoms with Gasteiger partial charge in [0.05, 0.1) is 12.2 Å². The van der Waals surface area contributed by atoms with Crippen molar-refractivity contribution in [3.63, 3.8) is 0 Å². The summed E-state index contributed by atoms with van der Waals surface area (Å²) in [5, 5.41) is 13.8. The van der Waals surface area contributed by atoms with E-state index < -0.39 is 0 Å². The highest BCUT2D eigenvalue weighted by Gasteiger charge is 2.30. The molecular formula is C19H22N6S. The largest absolute Gasteiger partial charge is 0.306 e. The highest BCUT2D eigenvalue weighted by molar-refractivity contribution is 7.05. The van der Waals surface area contributed by atoms with Crippen LogP contribution in [-0.2, 0) is 13.1 Å². The number of nitrogens with one attached hydrogen (secondary N) is 1. The van der Waals surface area contributed by atoms with Gasteiger partial charge >= 0.3 is 0 Å². The molecule has 0 bridgehead atoms. The lowest BCUT2D eigenvalue weighted by Gasteiger charge is -2.27. The maximum Gasteiger partial charge on any atom is 0.151 e. The molecule has 3 heterocycles. The first-order chi connectivity index (χ1) is 12.8. The van der Waals surface area contributed by atoms with Crippen molar-refractivity contribution in [3.05, 3.63) is 52.3 Å². The minimum atomic E-state index is 0.465. The lowest BCUT2D eigenvalue weighted by atomic mass is 9.82. The van der Waals surface area contributed by atoms with Crippen LogP contribution in [0, 0.1) is 6.92 Å². The summed E-state index contributed by atoms with van der Waals surface area (Å²) in [6, 6.07) is 8.58. The zero-order valence-corrected chi connectivity index (χ0v) is 15.7. The first kappa shape index (κ1) is 16.1. The number of nitrogens with zero attached hydrogens (tertiary/aromatic N) is 5. The molecule has 1 fully saturated rings. The van der Waals surface area contributed by atoms with Gasteiger partial charge in [-0.3, -0.25) is 4.57 Å². The molecule has 134 valence electrons. The molecule has 0 atom stereocenters. The molecule has 6 nitrogen and oxygen atoms in total. The second kappa shape index (κ2) is 6.55. The third-order valence-electron chi connectivity index (χ3n) is 5.57. The van der Waals surface area contributed by atoms with Crippen LogP contribution < -0.4 is 5.32 Å². The van der Waals surface area contributed by atoms with Crippen molar-refractivity contribution in [3.8, 4) is 5.69 Å². The minimum Gasteiger partial charge on any atom is -0.306 e. The molecule has 0 amide bonds. The molecule has 0 radical (unpaired) electrons. The third-order valence-corrected chi connectivity index (χ3v) is 6.54. The van der Waals surface area contributed by atoms with Crippen molar-refractivity contribution < 1.29 is 0 Å². The maximum atomic E-state index is 4.61. The van der Waals surface area contributed by atoms with Gasteiger partial charge < -0.3 is 5.32 Å². The Balaban J connectivity index is 1.43. The van der Waals surface area contributed by atoms with Gasteiger partial charge in [0.15, 0.2) is 5.82 Å². The number of para-hydroxylation sites is 1. The van der Waals surface area contributed by atoms with Gasteiger partial charge in [0.1, 0.15) is 16.7 Å². The van der Waals surface area contributed by atoms with Gasteiger partial charge in [-0.15, -0.1) is 10.2 Å². The summed E-state index contributed by atoms with van der Waals surface area (Å²) >= 11 is 1.57. The van der Waals surface area contributed by atoms with Crippen molar-refractivity contribution in [1.82, 2.24) is 29.4 Å². The van der Waals surface area contributed by atoms with Gasteiger partial charge in [-0.25, -0.2) is 4.98 Å². The smallest absolute Gasteiger partial charge is 0.151 e. The molecule has 3 aromatic rings.